The molecule has 1 aromatic carbocycles. The normalized spacial score (nSPS) is 10.2. The molecular weight excluding hydrogens is 242 g/mol. The lowest BCUT2D eigenvalue weighted by Crippen LogP contribution is -2.23. The second-order valence-electron chi connectivity index (χ2n) is 4.11. The van der Waals surface area contributed by atoms with Crippen LogP contribution in [0.3, 0.4) is 0 Å². The van der Waals surface area contributed by atoms with E-state index in [4.69, 9.17) is 9.15 Å². The number of nitrogens with one attached hydrogen (secondary N) is 1. The van der Waals surface area contributed by atoms with E-state index in [0.29, 0.717) is 24.5 Å². The maximum atomic E-state index is 12.1. The Labute approximate surface area is 112 Å². The predicted octanol–water partition coefficient (Wildman–Crippen LogP) is 3.00. The van der Waals surface area contributed by atoms with Crippen LogP contribution < -0.4 is 10.1 Å². The topological polar surface area (TPSA) is 51.5 Å². The van der Waals surface area contributed by atoms with Crippen LogP contribution in [0.2, 0.25) is 0 Å². The van der Waals surface area contributed by atoms with Crippen LogP contribution >= 0.6 is 0 Å². The van der Waals surface area contributed by atoms with Gasteiger partial charge >= 0.3 is 0 Å². The molecule has 0 aliphatic carbocycles. The molecule has 1 aromatic heterocycles. The number of carbonyl (C=O) groups is 1. The molecule has 0 aliphatic heterocycles. The monoisotopic (exact) mass is 259 g/mol. The number of benzene rings is 1. The van der Waals surface area contributed by atoms with Gasteiger partial charge in [-0.1, -0.05) is 19.1 Å². The minimum Gasteiger partial charge on any atom is -0.493 e. The molecule has 0 radical (unpaired) electrons. The van der Waals surface area contributed by atoms with Gasteiger partial charge in [-0.2, -0.15) is 0 Å². The molecule has 2 rings (SSSR count). The van der Waals surface area contributed by atoms with Crippen LogP contribution in [-0.2, 0) is 6.54 Å². The minimum absolute atomic E-state index is 0.164. The zero-order valence-electron chi connectivity index (χ0n) is 10.9. The number of furan rings is 1. The fourth-order valence-corrected chi connectivity index (χ4v) is 1.67. The van der Waals surface area contributed by atoms with Gasteiger partial charge in [0.15, 0.2) is 0 Å². The third kappa shape index (κ3) is 3.61. The Morgan fingerprint density at radius 1 is 1.26 bits per heavy atom. The first-order valence-electron chi connectivity index (χ1n) is 6.33. The summed E-state index contributed by atoms with van der Waals surface area (Å²) in [6.07, 6.45) is 2.49. The van der Waals surface area contributed by atoms with Crippen LogP contribution in [0, 0.1) is 0 Å². The molecule has 100 valence electrons. The van der Waals surface area contributed by atoms with Gasteiger partial charge in [-0.25, -0.2) is 0 Å². The van der Waals surface area contributed by atoms with E-state index in [9.17, 15) is 4.79 Å². The third-order valence-corrected chi connectivity index (χ3v) is 2.60. The van der Waals surface area contributed by atoms with Crippen molar-refractivity contribution in [2.75, 3.05) is 6.61 Å². The summed E-state index contributed by atoms with van der Waals surface area (Å²) in [5.41, 5.74) is 0.544. The van der Waals surface area contributed by atoms with Gasteiger partial charge in [-0.3, -0.25) is 4.79 Å². The first-order chi connectivity index (χ1) is 9.31. The average Bonchev–Trinajstić information content (AvgIpc) is 2.96. The maximum Gasteiger partial charge on any atom is 0.255 e. The van der Waals surface area contributed by atoms with Crippen molar-refractivity contribution in [2.45, 2.75) is 19.9 Å². The highest BCUT2D eigenvalue weighted by molar-refractivity contribution is 5.96. The van der Waals surface area contributed by atoms with Crippen molar-refractivity contribution >= 4 is 5.91 Å². The van der Waals surface area contributed by atoms with Gasteiger partial charge in [0.25, 0.3) is 5.91 Å². The molecule has 1 N–H and O–H groups in total. The highest BCUT2D eigenvalue weighted by atomic mass is 16.5. The second kappa shape index (κ2) is 6.64. The minimum atomic E-state index is -0.164. The number of hydrogen-bond acceptors (Lipinski definition) is 3. The Morgan fingerprint density at radius 3 is 2.84 bits per heavy atom. The van der Waals surface area contributed by atoms with E-state index >= 15 is 0 Å². The van der Waals surface area contributed by atoms with E-state index in [0.717, 1.165) is 12.2 Å². The van der Waals surface area contributed by atoms with Crippen molar-refractivity contribution in [3.8, 4) is 5.75 Å². The first kappa shape index (κ1) is 13.2. The van der Waals surface area contributed by atoms with E-state index in [2.05, 4.69) is 5.32 Å². The Morgan fingerprint density at radius 2 is 2.11 bits per heavy atom. The maximum absolute atomic E-state index is 12.1. The van der Waals surface area contributed by atoms with Crippen molar-refractivity contribution in [2.24, 2.45) is 0 Å². The van der Waals surface area contributed by atoms with Crippen molar-refractivity contribution in [3.05, 3.63) is 54.0 Å². The Bertz CT molecular complexity index is 520. The molecule has 0 aliphatic rings. The van der Waals surface area contributed by atoms with E-state index in [1.165, 1.54) is 0 Å². The number of rotatable bonds is 6. The fourth-order valence-electron chi connectivity index (χ4n) is 1.67. The molecule has 0 saturated carbocycles. The number of carbonyl (C=O) groups excluding carboxylic acids is 1. The Kier molecular flexibility index (Phi) is 4.61. The lowest BCUT2D eigenvalue weighted by Gasteiger charge is -2.10. The SMILES string of the molecule is CCCOc1ccccc1C(=O)NCc1ccco1. The molecule has 0 bridgehead atoms. The Hall–Kier alpha value is -2.23. The molecule has 0 fully saturated rings. The molecule has 0 unspecified atom stereocenters. The van der Waals surface area contributed by atoms with E-state index in [1.807, 2.05) is 25.1 Å². The van der Waals surface area contributed by atoms with Crippen LogP contribution in [0.25, 0.3) is 0 Å². The summed E-state index contributed by atoms with van der Waals surface area (Å²) in [6.45, 7) is 3.00. The number of ether oxygens (including phenoxy) is 1. The molecule has 0 spiro atoms. The van der Waals surface area contributed by atoms with Gasteiger partial charge in [0.2, 0.25) is 0 Å². The van der Waals surface area contributed by atoms with Gasteiger partial charge < -0.3 is 14.5 Å². The molecular formula is C15H17NO3. The first-order valence-corrected chi connectivity index (χ1v) is 6.33. The number of amides is 1. The van der Waals surface area contributed by atoms with Crippen LogP contribution in [0.5, 0.6) is 5.75 Å². The highest BCUT2D eigenvalue weighted by Crippen LogP contribution is 2.18. The molecule has 1 heterocycles. The number of para-hydroxylation sites is 1. The molecule has 19 heavy (non-hydrogen) atoms. The standard InChI is InChI=1S/C15H17NO3/c1-2-9-19-14-8-4-3-7-13(14)15(17)16-11-12-6-5-10-18-12/h3-8,10H,2,9,11H2,1H3,(H,16,17). The zero-order valence-corrected chi connectivity index (χ0v) is 10.9. The Balaban J connectivity index is 2.01. The lowest BCUT2D eigenvalue weighted by molar-refractivity contribution is 0.0944. The van der Waals surface area contributed by atoms with Crippen molar-refractivity contribution in [1.82, 2.24) is 5.32 Å². The van der Waals surface area contributed by atoms with Crippen LogP contribution in [0.4, 0.5) is 0 Å². The van der Waals surface area contributed by atoms with E-state index < -0.39 is 0 Å². The summed E-state index contributed by atoms with van der Waals surface area (Å²) in [6, 6.07) is 10.8. The zero-order chi connectivity index (χ0) is 13.5. The molecule has 0 atom stereocenters. The summed E-state index contributed by atoms with van der Waals surface area (Å²) in [4.78, 5) is 12.1. The molecule has 2 aromatic rings. The van der Waals surface area contributed by atoms with Crippen LogP contribution in [-0.4, -0.2) is 12.5 Å². The molecule has 4 nitrogen and oxygen atoms in total. The van der Waals surface area contributed by atoms with Crippen LogP contribution in [0.15, 0.2) is 47.1 Å². The van der Waals surface area contributed by atoms with E-state index in [-0.39, 0.29) is 5.91 Å². The molecule has 0 saturated heterocycles. The summed E-state index contributed by atoms with van der Waals surface area (Å²) in [7, 11) is 0. The predicted molar refractivity (Wildman–Crippen MR) is 72.1 cm³/mol. The quantitative estimate of drug-likeness (QED) is 0.867. The average molecular weight is 259 g/mol. The summed E-state index contributed by atoms with van der Waals surface area (Å²) >= 11 is 0. The second-order valence-corrected chi connectivity index (χ2v) is 4.11. The lowest BCUT2D eigenvalue weighted by atomic mass is 10.2. The van der Waals surface area contributed by atoms with Gasteiger partial charge in [-0.05, 0) is 30.7 Å². The van der Waals surface area contributed by atoms with E-state index in [1.54, 1.807) is 24.5 Å². The summed E-state index contributed by atoms with van der Waals surface area (Å²) in [5, 5.41) is 2.81. The molecule has 4 heteroatoms. The highest BCUT2D eigenvalue weighted by Gasteiger charge is 2.11. The third-order valence-electron chi connectivity index (χ3n) is 2.60. The largest absolute Gasteiger partial charge is 0.493 e. The van der Waals surface area contributed by atoms with Crippen LogP contribution in [0.1, 0.15) is 29.5 Å². The van der Waals surface area contributed by atoms with Gasteiger partial charge in [0, 0.05) is 0 Å². The van der Waals surface area contributed by atoms with Gasteiger partial charge in [0.05, 0.1) is 25.0 Å². The van der Waals surface area contributed by atoms with Gasteiger partial charge in [0.1, 0.15) is 11.5 Å². The smallest absolute Gasteiger partial charge is 0.255 e. The fraction of sp³-hybridized carbons (Fsp3) is 0.267. The summed E-state index contributed by atoms with van der Waals surface area (Å²) < 4.78 is 10.7. The number of hydrogen-bond donors (Lipinski definition) is 1. The van der Waals surface area contributed by atoms with Gasteiger partial charge in [-0.15, -0.1) is 0 Å². The van der Waals surface area contributed by atoms with Crippen molar-refractivity contribution in [1.29, 1.82) is 0 Å². The van der Waals surface area contributed by atoms with Crippen molar-refractivity contribution < 1.29 is 13.9 Å². The summed E-state index contributed by atoms with van der Waals surface area (Å²) in [5.74, 6) is 1.17. The molecule has 1 amide bonds. The van der Waals surface area contributed by atoms with Crippen molar-refractivity contribution in [3.63, 3.8) is 0 Å².